The van der Waals surface area contributed by atoms with Crippen LogP contribution in [-0.4, -0.2) is 48.5 Å². The zero-order chi connectivity index (χ0) is 16.7. The van der Waals surface area contributed by atoms with Crippen LogP contribution in [0.3, 0.4) is 0 Å². The number of aliphatic hydroxyl groups excluding tert-OH is 1. The van der Waals surface area contributed by atoms with Crippen LogP contribution in [0.15, 0.2) is 49.6 Å². The SMILES string of the molecule is C=CCN(CC=C)[C@@H]1C[C@@H](OCc2ccc(OC)cc2)C[C@H]1O. The van der Waals surface area contributed by atoms with E-state index in [1.807, 2.05) is 36.4 Å². The molecule has 1 aliphatic rings. The lowest BCUT2D eigenvalue weighted by Crippen LogP contribution is -2.40. The Bertz CT molecular complexity index is 490. The predicted octanol–water partition coefficient (Wildman–Crippen LogP) is 2.78. The lowest BCUT2D eigenvalue weighted by Gasteiger charge is -2.28. The zero-order valence-electron chi connectivity index (χ0n) is 13.9. The van der Waals surface area contributed by atoms with Gasteiger partial charge in [-0.15, -0.1) is 13.2 Å². The maximum absolute atomic E-state index is 10.3. The van der Waals surface area contributed by atoms with Crippen molar-refractivity contribution in [2.75, 3.05) is 20.2 Å². The van der Waals surface area contributed by atoms with E-state index in [1.54, 1.807) is 7.11 Å². The molecule has 0 aromatic heterocycles. The fourth-order valence-corrected chi connectivity index (χ4v) is 3.09. The normalized spacial score (nSPS) is 23.9. The average molecular weight is 317 g/mol. The van der Waals surface area contributed by atoms with Crippen molar-refractivity contribution >= 4 is 0 Å². The Labute approximate surface area is 139 Å². The molecule has 0 saturated heterocycles. The first-order valence-corrected chi connectivity index (χ1v) is 8.06. The van der Waals surface area contributed by atoms with Crippen LogP contribution in [-0.2, 0) is 11.3 Å². The van der Waals surface area contributed by atoms with Gasteiger partial charge in [-0.1, -0.05) is 24.3 Å². The van der Waals surface area contributed by atoms with E-state index in [0.29, 0.717) is 13.0 Å². The van der Waals surface area contributed by atoms with E-state index in [-0.39, 0.29) is 18.2 Å². The summed E-state index contributed by atoms with van der Waals surface area (Å²) in [6.45, 7) is 9.63. The van der Waals surface area contributed by atoms with Gasteiger partial charge in [0.2, 0.25) is 0 Å². The molecule has 0 bridgehead atoms. The number of aliphatic hydroxyl groups is 1. The van der Waals surface area contributed by atoms with Crippen molar-refractivity contribution in [1.82, 2.24) is 4.90 Å². The van der Waals surface area contributed by atoms with Crippen molar-refractivity contribution in [2.45, 2.75) is 37.7 Å². The lowest BCUT2D eigenvalue weighted by atomic mass is 10.1. The van der Waals surface area contributed by atoms with Crippen molar-refractivity contribution in [1.29, 1.82) is 0 Å². The highest BCUT2D eigenvalue weighted by Gasteiger charge is 2.36. The highest BCUT2D eigenvalue weighted by molar-refractivity contribution is 5.26. The van der Waals surface area contributed by atoms with E-state index in [0.717, 1.165) is 30.8 Å². The first-order chi connectivity index (χ1) is 11.2. The van der Waals surface area contributed by atoms with Gasteiger partial charge < -0.3 is 14.6 Å². The van der Waals surface area contributed by atoms with Crippen LogP contribution in [0.2, 0.25) is 0 Å². The summed E-state index contributed by atoms with van der Waals surface area (Å²) in [7, 11) is 1.66. The van der Waals surface area contributed by atoms with E-state index in [9.17, 15) is 5.11 Å². The van der Waals surface area contributed by atoms with Gasteiger partial charge in [-0.3, -0.25) is 4.90 Å². The Kier molecular flexibility index (Phi) is 6.84. The van der Waals surface area contributed by atoms with Crippen molar-refractivity contribution in [3.63, 3.8) is 0 Å². The monoisotopic (exact) mass is 317 g/mol. The molecule has 4 heteroatoms. The van der Waals surface area contributed by atoms with Crippen molar-refractivity contribution in [3.8, 4) is 5.75 Å². The third kappa shape index (κ3) is 4.93. The van der Waals surface area contributed by atoms with Gasteiger partial charge in [0.15, 0.2) is 0 Å². The maximum Gasteiger partial charge on any atom is 0.118 e. The minimum absolute atomic E-state index is 0.0780. The summed E-state index contributed by atoms with van der Waals surface area (Å²) in [5, 5.41) is 10.3. The number of hydrogen-bond acceptors (Lipinski definition) is 4. The second-order valence-electron chi connectivity index (χ2n) is 5.92. The molecule has 1 fully saturated rings. The smallest absolute Gasteiger partial charge is 0.118 e. The Morgan fingerprint density at radius 3 is 2.39 bits per heavy atom. The molecular formula is C19H27NO3. The summed E-state index contributed by atoms with van der Waals surface area (Å²) in [6.07, 6.45) is 4.94. The molecule has 3 atom stereocenters. The maximum atomic E-state index is 10.3. The molecule has 2 rings (SSSR count). The standard InChI is InChI=1S/C19H27NO3/c1-4-10-20(11-5-2)18-12-17(13-19(18)21)23-14-15-6-8-16(22-3)9-7-15/h4-9,17-19,21H,1-2,10-14H2,3H3/t17-,18-,19-/m1/s1. The molecule has 0 aliphatic heterocycles. The minimum atomic E-state index is -0.365. The van der Waals surface area contributed by atoms with E-state index < -0.39 is 0 Å². The van der Waals surface area contributed by atoms with Gasteiger partial charge in [-0.25, -0.2) is 0 Å². The van der Waals surface area contributed by atoms with Crippen LogP contribution >= 0.6 is 0 Å². The van der Waals surface area contributed by atoms with Gasteiger partial charge in [-0.05, 0) is 24.1 Å². The number of hydrogen-bond donors (Lipinski definition) is 1. The molecular weight excluding hydrogens is 290 g/mol. The minimum Gasteiger partial charge on any atom is -0.497 e. The average Bonchev–Trinajstić information content (AvgIpc) is 2.94. The Hall–Kier alpha value is -1.62. The van der Waals surface area contributed by atoms with Crippen LogP contribution < -0.4 is 4.74 Å². The molecule has 0 heterocycles. The van der Waals surface area contributed by atoms with Gasteiger partial charge in [-0.2, -0.15) is 0 Å². The first-order valence-electron chi connectivity index (χ1n) is 8.06. The molecule has 4 nitrogen and oxygen atoms in total. The van der Waals surface area contributed by atoms with E-state index in [4.69, 9.17) is 9.47 Å². The fraction of sp³-hybridized carbons (Fsp3) is 0.474. The van der Waals surface area contributed by atoms with E-state index >= 15 is 0 Å². The number of nitrogens with zero attached hydrogens (tertiary/aromatic N) is 1. The van der Waals surface area contributed by atoms with Crippen LogP contribution in [0.4, 0.5) is 0 Å². The predicted molar refractivity (Wildman–Crippen MR) is 92.6 cm³/mol. The molecule has 0 radical (unpaired) electrons. The molecule has 0 amide bonds. The molecule has 1 N–H and O–H groups in total. The Balaban J connectivity index is 1.87. The molecule has 23 heavy (non-hydrogen) atoms. The van der Waals surface area contributed by atoms with E-state index in [2.05, 4.69) is 18.1 Å². The van der Waals surface area contributed by atoms with Gasteiger partial charge in [0.25, 0.3) is 0 Å². The molecule has 1 saturated carbocycles. The summed E-state index contributed by atoms with van der Waals surface area (Å²) in [6, 6.07) is 7.97. The second kappa shape index (κ2) is 8.87. The number of ether oxygens (including phenoxy) is 2. The van der Waals surface area contributed by atoms with Crippen molar-refractivity contribution in [3.05, 3.63) is 55.1 Å². The summed E-state index contributed by atoms with van der Waals surface area (Å²) >= 11 is 0. The van der Waals surface area contributed by atoms with Crippen molar-refractivity contribution in [2.24, 2.45) is 0 Å². The molecule has 0 unspecified atom stereocenters. The van der Waals surface area contributed by atoms with Crippen LogP contribution in [0, 0.1) is 0 Å². The van der Waals surface area contributed by atoms with Crippen LogP contribution in [0.25, 0.3) is 0 Å². The van der Waals surface area contributed by atoms with Gasteiger partial charge in [0.05, 0.1) is 25.9 Å². The van der Waals surface area contributed by atoms with Crippen LogP contribution in [0.1, 0.15) is 18.4 Å². The summed E-state index contributed by atoms with van der Waals surface area (Å²) < 4.78 is 11.1. The highest BCUT2D eigenvalue weighted by Crippen LogP contribution is 2.28. The van der Waals surface area contributed by atoms with Crippen molar-refractivity contribution < 1.29 is 14.6 Å². The third-order valence-corrected chi connectivity index (χ3v) is 4.29. The van der Waals surface area contributed by atoms with Gasteiger partial charge >= 0.3 is 0 Å². The summed E-state index contributed by atoms with van der Waals surface area (Å²) in [5.41, 5.74) is 1.11. The molecule has 0 spiro atoms. The Morgan fingerprint density at radius 1 is 1.17 bits per heavy atom. The number of rotatable bonds is 9. The van der Waals surface area contributed by atoms with E-state index in [1.165, 1.54) is 0 Å². The Morgan fingerprint density at radius 2 is 1.83 bits per heavy atom. The fourth-order valence-electron chi connectivity index (χ4n) is 3.09. The highest BCUT2D eigenvalue weighted by atomic mass is 16.5. The first kappa shape index (κ1) is 17.7. The molecule has 1 aromatic rings. The molecule has 1 aliphatic carbocycles. The van der Waals surface area contributed by atoms with Gasteiger partial charge in [0, 0.05) is 25.6 Å². The summed E-state index contributed by atoms with van der Waals surface area (Å²) in [4.78, 5) is 2.20. The summed E-state index contributed by atoms with van der Waals surface area (Å²) in [5.74, 6) is 0.842. The molecule has 1 aromatic carbocycles. The third-order valence-electron chi connectivity index (χ3n) is 4.29. The van der Waals surface area contributed by atoms with Crippen LogP contribution in [0.5, 0.6) is 5.75 Å². The molecule has 126 valence electrons. The zero-order valence-corrected chi connectivity index (χ0v) is 13.9. The second-order valence-corrected chi connectivity index (χ2v) is 5.92. The lowest BCUT2D eigenvalue weighted by molar-refractivity contribution is 0.0356. The number of methoxy groups -OCH3 is 1. The van der Waals surface area contributed by atoms with Gasteiger partial charge in [0.1, 0.15) is 5.75 Å². The quantitative estimate of drug-likeness (QED) is 0.711. The topological polar surface area (TPSA) is 41.9 Å². The largest absolute Gasteiger partial charge is 0.497 e. The number of benzene rings is 1.